The van der Waals surface area contributed by atoms with Crippen LogP contribution in [0.15, 0.2) is 72.8 Å². The third kappa shape index (κ3) is 7.99. The lowest BCUT2D eigenvalue weighted by molar-refractivity contribution is -0.143. The number of rotatable bonds is 10. The SMILES string of the molecule is Cc1ccc(CN(C(=O)COc2ccc(Cl)cc2Cl)C(Cc2ccccc2)C(=O)NC2CCCCC2)cc1. The van der Waals surface area contributed by atoms with Gasteiger partial charge in [-0.15, -0.1) is 0 Å². The van der Waals surface area contributed by atoms with E-state index in [0.717, 1.165) is 42.4 Å². The fourth-order valence-corrected chi connectivity index (χ4v) is 5.27. The summed E-state index contributed by atoms with van der Waals surface area (Å²) in [7, 11) is 0. The molecule has 1 fully saturated rings. The highest BCUT2D eigenvalue weighted by Crippen LogP contribution is 2.28. The second-order valence-electron chi connectivity index (χ2n) is 9.92. The van der Waals surface area contributed by atoms with E-state index in [4.69, 9.17) is 27.9 Å². The molecule has 1 atom stereocenters. The highest BCUT2D eigenvalue weighted by atomic mass is 35.5. The number of nitrogens with one attached hydrogen (secondary N) is 1. The molecule has 0 aliphatic heterocycles. The fourth-order valence-electron chi connectivity index (χ4n) is 4.80. The predicted molar refractivity (Wildman–Crippen MR) is 153 cm³/mol. The van der Waals surface area contributed by atoms with Crippen molar-refractivity contribution in [2.24, 2.45) is 0 Å². The van der Waals surface area contributed by atoms with Crippen LogP contribution >= 0.6 is 23.2 Å². The van der Waals surface area contributed by atoms with Crippen molar-refractivity contribution in [1.29, 1.82) is 0 Å². The Kier molecular flexibility index (Phi) is 10.1. The van der Waals surface area contributed by atoms with Gasteiger partial charge >= 0.3 is 0 Å². The Morgan fingerprint density at radius 3 is 2.34 bits per heavy atom. The van der Waals surface area contributed by atoms with Crippen LogP contribution < -0.4 is 10.1 Å². The van der Waals surface area contributed by atoms with Gasteiger partial charge in [0.05, 0.1) is 5.02 Å². The molecule has 1 N–H and O–H groups in total. The molecule has 200 valence electrons. The summed E-state index contributed by atoms with van der Waals surface area (Å²) in [5.74, 6) is -0.0620. The van der Waals surface area contributed by atoms with Gasteiger partial charge in [-0.05, 0) is 49.1 Å². The van der Waals surface area contributed by atoms with E-state index in [1.54, 1.807) is 23.1 Å². The first kappa shape index (κ1) is 28.0. The zero-order chi connectivity index (χ0) is 26.9. The Labute approximate surface area is 235 Å². The second kappa shape index (κ2) is 13.7. The molecule has 1 saturated carbocycles. The summed E-state index contributed by atoms with van der Waals surface area (Å²) in [6, 6.07) is 22.1. The van der Waals surface area contributed by atoms with Crippen LogP contribution in [0.4, 0.5) is 0 Å². The van der Waals surface area contributed by atoms with Crippen molar-refractivity contribution in [3.63, 3.8) is 0 Å². The number of benzene rings is 3. The first-order chi connectivity index (χ1) is 18.4. The van der Waals surface area contributed by atoms with Gasteiger partial charge in [-0.3, -0.25) is 9.59 Å². The second-order valence-corrected chi connectivity index (χ2v) is 10.8. The van der Waals surface area contributed by atoms with E-state index in [2.05, 4.69) is 5.32 Å². The number of aryl methyl sites for hydroxylation is 1. The van der Waals surface area contributed by atoms with Gasteiger partial charge in [0.25, 0.3) is 5.91 Å². The Morgan fingerprint density at radius 1 is 0.947 bits per heavy atom. The average molecular weight is 554 g/mol. The minimum Gasteiger partial charge on any atom is -0.482 e. The van der Waals surface area contributed by atoms with E-state index >= 15 is 0 Å². The average Bonchev–Trinajstić information content (AvgIpc) is 2.92. The van der Waals surface area contributed by atoms with Gasteiger partial charge in [0, 0.05) is 24.0 Å². The minimum atomic E-state index is -0.697. The summed E-state index contributed by atoms with van der Waals surface area (Å²) in [5.41, 5.74) is 3.06. The van der Waals surface area contributed by atoms with Crippen molar-refractivity contribution < 1.29 is 14.3 Å². The van der Waals surface area contributed by atoms with Crippen molar-refractivity contribution in [2.45, 2.75) is 64.1 Å². The highest BCUT2D eigenvalue weighted by molar-refractivity contribution is 6.35. The van der Waals surface area contributed by atoms with Crippen LogP contribution in [0.25, 0.3) is 0 Å². The number of hydrogen-bond donors (Lipinski definition) is 1. The summed E-state index contributed by atoms with van der Waals surface area (Å²) in [6.45, 7) is 2.05. The highest BCUT2D eigenvalue weighted by Gasteiger charge is 2.32. The van der Waals surface area contributed by atoms with E-state index in [-0.39, 0.29) is 31.0 Å². The standard InChI is InChI=1S/C31H34Cl2N2O3/c1-22-12-14-24(15-13-22)20-35(30(36)21-38-29-17-16-25(32)19-27(29)33)28(18-23-8-4-2-5-9-23)31(37)34-26-10-6-3-7-11-26/h2,4-5,8-9,12-17,19,26,28H,3,6-7,10-11,18,20-21H2,1H3,(H,34,37). The van der Waals surface area contributed by atoms with E-state index in [1.165, 1.54) is 6.42 Å². The lowest BCUT2D eigenvalue weighted by atomic mass is 9.94. The number of halogens is 2. The molecule has 0 bridgehead atoms. The third-order valence-electron chi connectivity index (χ3n) is 6.94. The lowest BCUT2D eigenvalue weighted by Gasteiger charge is -2.33. The molecule has 0 aromatic heterocycles. The molecule has 1 aliphatic rings. The zero-order valence-electron chi connectivity index (χ0n) is 21.7. The molecule has 0 spiro atoms. The zero-order valence-corrected chi connectivity index (χ0v) is 23.2. The largest absolute Gasteiger partial charge is 0.482 e. The summed E-state index contributed by atoms with van der Waals surface area (Å²) in [4.78, 5) is 29.2. The first-order valence-corrected chi connectivity index (χ1v) is 13.9. The normalized spacial score (nSPS) is 14.5. The molecule has 4 rings (SSSR count). The Morgan fingerprint density at radius 2 is 1.66 bits per heavy atom. The lowest BCUT2D eigenvalue weighted by Crippen LogP contribution is -2.53. The Balaban J connectivity index is 1.61. The van der Waals surface area contributed by atoms with Gasteiger partial charge in [0.2, 0.25) is 5.91 Å². The summed E-state index contributed by atoms with van der Waals surface area (Å²) in [6.07, 6.45) is 5.74. The van der Waals surface area contributed by atoms with Crippen LogP contribution in [0.2, 0.25) is 10.0 Å². The van der Waals surface area contributed by atoms with E-state index < -0.39 is 6.04 Å². The third-order valence-corrected chi connectivity index (χ3v) is 7.47. The van der Waals surface area contributed by atoms with Gasteiger partial charge in [-0.2, -0.15) is 0 Å². The minimum absolute atomic E-state index is 0.134. The van der Waals surface area contributed by atoms with Crippen LogP contribution in [0.5, 0.6) is 5.75 Å². The van der Waals surface area contributed by atoms with Crippen LogP contribution in [-0.2, 0) is 22.6 Å². The number of carbonyl (C=O) groups excluding carboxylic acids is 2. The molecule has 5 nitrogen and oxygen atoms in total. The van der Waals surface area contributed by atoms with E-state index in [1.807, 2.05) is 61.5 Å². The summed E-state index contributed by atoms with van der Waals surface area (Å²) < 4.78 is 5.81. The maximum Gasteiger partial charge on any atom is 0.261 e. The van der Waals surface area contributed by atoms with Crippen LogP contribution in [0.1, 0.15) is 48.8 Å². The van der Waals surface area contributed by atoms with Gasteiger partial charge in [-0.1, -0.05) is 103 Å². The maximum atomic E-state index is 13.8. The predicted octanol–water partition coefficient (Wildman–Crippen LogP) is 6.77. The summed E-state index contributed by atoms with van der Waals surface area (Å²) in [5, 5.41) is 4.06. The molecule has 2 amide bonds. The smallest absolute Gasteiger partial charge is 0.261 e. The molecule has 3 aromatic rings. The molecule has 0 saturated heterocycles. The van der Waals surface area contributed by atoms with Crippen molar-refractivity contribution in [2.75, 3.05) is 6.61 Å². The fraction of sp³-hybridized carbons (Fsp3) is 0.355. The van der Waals surface area contributed by atoms with Gasteiger partial charge in [0.15, 0.2) is 6.61 Å². The van der Waals surface area contributed by atoms with Crippen LogP contribution in [0.3, 0.4) is 0 Å². The van der Waals surface area contributed by atoms with Crippen molar-refractivity contribution >= 4 is 35.0 Å². The van der Waals surface area contributed by atoms with Crippen molar-refractivity contribution in [1.82, 2.24) is 10.2 Å². The number of carbonyl (C=O) groups is 2. The van der Waals surface area contributed by atoms with Crippen molar-refractivity contribution in [3.8, 4) is 5.75 Å². The molecule has 1 unspecified atom stereocenters. The molecule has 0 radical (unpaired) electrons. The summed E-state index contributed by atoms with van der Waals surface area (Å²) >= 11 is 12.3. The van der Waals surface area contributed by atoms with Crippen LogP contribution in [0, 0.1) is 6.92 Å². The van der Waals surface area contributed by atoms with Gasteiger partial charge in [-0.25, -0.2) is 0 Å². The number of amides is 2. The monoisotopic (exact) mass is 552 g/mol. The topological polar surface area (TPSA) is 58.6 Å². The quantitative estimate of drug-likeness (QED) is 0.302. The maximum absolute atomic E-state index is 13.8. The molecule has 38 heavy (non-hydrogen) atoms. The Hall–Kier alpha value is -3.02. The molecular formula is C31H34Cl2N2O3. The molecule has 1 aliphatic carbocycles. The van der Waals surface area contributed by atoms with E-state index in [0.29, 0.717) is 22.2 Å². The van der Waals surface area contributed by atoms with Crippen LogP contribution in [-0.4, -0.2) is 35.4 Å². The Bertz CT molecular complexity index is 1210. The molecule has 3 aromatic carbocycles. The number of nitrogens with zero attached hydrogens (tertiary/aromatic N) is 1. The molecule has 7 heteroatoms. The van der Waals surface area contributed by atoms with Gasteiger partial charge < -0.3 is 15.0 Å². The molecular weight excluding hydrogens is 519 g/mol. The van der Waals surface area contributed by atoms with Crippen molar-refractivity contribution in [3.05, 3.63) is 99.5 Å². The van der Waals surface area contributed by atoms with Gasteiger partial charge in [0.1, 0.15) is 11.8 Å². The number of hydrogen-bond acceptors (Lipinski definition) is 3. The molecule has 0 heterocycles. The number of ether oxygens (including phenoxy) is 1. The first-order valence-electron chi connectivity index (χ1n) is 13.2. The van der Waals surface area contributed by atoms with E-state index in [9.17, 15) is 9.59 Å².